The Morgan fingerprint density at radius 2 is 1.53 bits per heavy atom. The minimum Gasteiger partial charge on any atom is -0.409 e. The highest BCUT2D eigenvalue weighted by atomic mass is 16.5. The van der Waals surface area contributed by atoms with E-state index in [1.165, 1.54) is 0 Å². The molecule has 0 aromatic heterocycles. The molecule has 0 aliphatic rings. The molecule has 0 bridgehead atoms. The van der Waals surface area contributed by atoms with Crippen LogP contribution in [0.4, 0.5) is 0 Å². The molecule has 0 radical (unpaired) electrons. The molecule has 6 heteroatoms. The van der Waals surface area contributed by atoms with E-state index in [4.69, 9.17) is 25.2 Å². The maximum Gasteiger partial charge on any atom is 0.141 e. The molecule has 0 saturated heterocycles. The first-order chi connectivity index (χ1) is 8.31. The van der Waals surface area contributed by atoms with Crippen LogP contribution in [0.25, 0.3) is 0 Å². The number of rotatable bonds is 12. The third kappa shape index (κ3) is 13.1. The number of nitrogens with zero attached hydrogens (tertiary/aromatic N) is 1. The van der Waals surface area contributed by atoms with Gasteiger partial charge in [0.05, 0.1) is 33.0 Å². The van der Waals surface area contributed by atoms with Gasteiger partial charge in [-0.2, -0.15) is 0 Å². The molecule has 0 rings (SSSR count). The Balaban J connectivity index is 2.99. The van der Waals surface area contributed by atoms with Gasteiger partial charge in [-0.05, 0) is 6.42 Å². The van der Waals surface area contributed by atoms with E-state index in [1.807, 2.05) is 0 Å². The van der Waals surface area contributed by atoms with Crippen LogP contribution in [0.2, 0.25) is 0 Å². The summed E-state index contributed by atoms with van der Waals surface area (Å²) in [4.78, 5) is 0. The fourth-order valence-corrected chi connectivity index (χ4v) is 1.02. The number of oxime groups is 1. The summed E-state index contributed by atoms with van der Waals surface area (Å²) in [5.41, 5.74) is 5.27. The zero-order valence-electron chi connectivity index (χ0n) is 10.6. The third-order valence-electron chi connectivity index (χ3n) is 2.02. The maximum absolute atomic E-state index is 8.26. The summed E-state index contributed by atoms with van der Waals surface area (Å²) in [7, 11) is 0. The number of hydrogen-bond donors (Lipinski definition) is 2. The van der Waals surface area contributed by atoms with Crippen molar-refractivity contribution in [1.29, 1.82) is 0 Å². The minimum absolute atomic E-state index is 0.176. The topological polar surface area (TPSA) is 86.3 Å². The monoisotopic (exact) mass is 248 g/mol. The zero-order chi connectivity index (χ0) is 12.8. The molecule has 0 atom stereocenters. The van der Waals surface area contributed by atoms with Gasteiger partial charge in [-0.1, -0.05) is 18.5 Å². The minimum atomic E-state index is 0.176. The van der Waals surface area contributed by atoms with Crippen molar-refractivity contribution in [3.05, 3.63) is 0 Å². The molecule has 0 aliphatic heterocycles. The van der Waals surface area contributed by atoms with Gasteiger partial charge in [-0.3, -0.25) is 0 Å². The summed E-state index contributed by atoms with van der Waals surface area (Å²) in [6, 6.07) is 0. The second-order valence-corrected chi connectivity index (χ2v) is 3.53. The van der Waals surface area contributed by atoms with E-state index in [1.54, 1.807) is 0 Å². The largest absolute Gasteiger partial charge is 0.409 e. The van der Waals surface area contributed by atoms with Crippen LogP contribution in [0.3, 0.4) is 0 Å². The molecular weight excluding hydrogens is 224 g/mol. The van der Waals surface area contributed by atoms with Gasteiger partial charge >= 0.3 is 0 Å². The van der Waals surface area contributed by atoms with Crippen LogP contribution >= 0.6 is 0 Å². The quantitative estimate of drug-likeness (QED) is 0.177. The first-order valence-electron chi connectivity index (χ1n) is 6.00. The molecule has 0 unspecified atom stereocenters. The lowest BCUT2D eigenvalue weighted by Crippen LogP contribution is -2.16. The first-order valence-corrected chi connectivity index (χ1v) is 6.00. The van der Waals surface area contributed by atoms with Crippen LogP contribution in [0.15, 0.2) is 5.16 Å². The number of unbranched alkanes of at least 4 members (excludes halogenated alkanes) is 1. The molecule has 3 N–H and O–H groups in total. The molecule has 0 saturated carbocycles. The average Bonchev–Trinajstić information content (AvgIpc) is 2.35. The fraction of sp³-hybridized carbons (Fsp3) is 0.909. The lowest BCUT2D eigenvalue weighted by Gasteiger charge is -2.06. The van der Waals surface area contributed by atoms with E-state index in [9.17, 15) is 0 Å². The molecule has 0 aliphatic carbocycles. The average molecular weight is 248 g/mol. The van der Waals surface area contributed by atoms with Gasteiger partial charge < -0.3 is 25.2 Å². The molecule has 0 aromatic rings. The molecular formula is C11H24N2O4. The van der Waals surface area contributed by atoms with Crippen molar-refractivity contribution in [3.8, 4) is 0 Å². The number of nitrogens with two attached hydrogens (primary N) is 1. The van der Waals surface area contributed by atoms with Gasteiger partial charge in [-0.15, -0.1) is 0 Å². The van der Waals surface area contributed by atoms with Crippen LogP contribution in [0, 0.1) is 0 Å². The lowest BCUT2D eigenvalue weighted by atomic mass is 10.4. The fourth-order valence-electron chi connectivity index (χ4n) is 1.02. The SMILES string of the molecule is CCCCOCCOCCOCCC(N)=NO. The second kappa shape index (κ2) is 13.2. The van der Waals surface area contributed by atoms with Crippen LogP contribution in [-0.2, 0) is 14.2 Å². The van der Waals surface area contributed by atoms with Crippen molar-refractivity contribution >= 4 is 5.84 Å². The highest BCUT2D eigenvalue weighted by Gasteiger charge is 1.94. The van der Waals surface area contributed by atoms with E-state index < -0.39 is 0 Å². The second-order valence-electron chi connectivity index (χ2n) is 3.53. The van der Waals surface area contributed by atoms with E-state index in [2.05, 4.69) is 12.1 Å². The summed E-state index contributed by atoms with van der Waals surface area (Å²) in [5, 5.41) is 11.1. The predicted octanol–water partition coefficient (Wildman–Crippen LogP) is 0.973. The van der Waals surface area contributed by atoms with E-state index >= 15 is 0 Å². The van der Waals surface area contributed by atoms with Gasteiger partial charge in [0.1, 0.15) is 5.84 Å². The number of ether oxygens (including phenoxy) is 3. The van der Waals surface area contributed by atoms with Crippen LogP contribution in [0.5, 0.6) is 0 Å². The lowest BCUT2D eigenvalue weighted by molar-refractivity contribution is 0.0152. The summed E-state index contributed by atoms with van der Waals surface area (Å²) < 4.78 is 15.8. The Hall–Kier alpha value is -0.850. The van der Waals surface area contributed by atoms with Crippen molar-refractivity contribution in [2.45, 2.75) is 26.2 Å². The van der Waals surface area contributed by atoms with Crippen LogP contribution in [-0.4, -0.2) is 50.7 Å². The molecule has 0 spiro atoms. The van der Waals surface area contributed by atoms with Gasteiger partial charge in [0, 0.05) is 13.0 Å². The molecule has 17 heavy (non-hydrogen) atoms. The van der Waals surface area contributed by atoms with Gasteiger partial charge in [0.15, 0.2) is 0 Å². The predicted molar refractivity (Wildman–Crippen MR) is 65.4 cm³/mol. The Morgan fingerprint density at radius 3 is 2.06 bits per heavy atom. The van der Waals surface area contributed by atoms with Crippen molar-refractivity contribution in [3.63, 3.8) is 0 Å². The summed E-state index contributed by atoms with van der Waals surface area (Å²) in [6.07, 6.45) is 2.67. The van der Waals surface area contributed by atoms with E-state index in [0.29, 0.717) is 39.5 Å². The zero-order valence-corrected chi connectivity index (χ0v) is 10.6. The summed E-state index contributed by atoms with van der Waals surface area (Å²) >= 11 is 0. The summed E-state index contributed by atoms with van der Waals surface area (Å²) in [5.74, 6) is 0.176. The summed E-state index contributed by atoms with van der Waals surface area (Å²) in [6.45, 7) is 5.63. The Bertz CT molecular complexity index is 188. The highest BCUT2D eigenvalue weighted by Crippen LogP contribution is 1.88. The Labute approximate surface area is 103 Å². The number of hydrogen-bond acceptors (Lipinski definition) is 5. The number of amidine groups is 1. The highest BCUT2D eigenvalue weighted by molar-refractivity contribution is 5.79. The van der Waals surface area contributed by atoms with Crippen LogP contribution in [0.1, 0.15) is 26.2 Å². The van der Waals surface area contributed by atoms with E-state index in [0.717, 1.165) is 19.4 Å². The van der Waals surface area contributed by atoms with Crippen molar-refractivity contribution in [2.75, 3.05) is 39.6 Å². The van der Waals surface area contributed by atoms with Gasteiger partial charge in [0.25, 0.3) is 0 Å². The molecule has 0 aromatic carbocycles. The van der Waals surface area contributed by atoms with Crippen molar-refractivity contribution in [2.24, 2.45) is 10.9 Å². The normalized spacial score (nSPS) is 11.9. The Kier molecular flexibility index (Phi) is 12.6. The molecule has 6 nitrogen and oxygen atoms in total. The van der Waals surface area contributed by atoms with Gasteiger partial charge in [-0.25, -0.2) is 0 Å². The smallest absolute Gasteiger partial charge is 0.141 e. The van der Waals surface area contributed by atoms with Gasteiger partial charge in [0.2, 0.25) is 0 Å². The van der Waals surface area contributed by atoms with Crippen molar-refractivity contribution in [1.82, 2.24) is 0 Å². The molecule has 0 amide bonds. The maximum atomic E-state index is 8.26. The first kappa shape index (κ1) is 16.1. The standard InChI is InChI=1S/C11H24N2O4/c1-2-3-5-15-7-9-17-10-8-16-6-4-11(12)13-14/h14H,2-10H2,1H3,(H2,12,13). The van der Waals surface area contributed by atoms with Crippen molar-refractivity contribution < 1.29 is 19.4 Å². The van der Waals surface area contributed by atoms with E-state index in [-0.39, 0.29) is 5.84 Å². The molecule has 102 valence electrons. The molecule has 0 fully saturated rings. The Morgan fingerprint density at radius 1 is 1.00 bits per heavy atom. The van der Waals surface area contributed by atoms with Crippen LogP contribution < -0.4 is 5.73 Å². The molecule has 0 heterocycles. The third-order valence-corrected chi connectivity index (χ3v) is 2.02.